The number of carbonyl (C=O) groups excluding carboxylic acids is 1. The van der Waals surface area contributed by atoms with Crippen LogP contribution in [0, 0.1) is 13.8 Å². The zero-order valence-corrected chi connectivity index (χ0v) is 11.1. The first kappa shape index (κ1) is 13.1. The van der Waals surface area contributed by atoms with Gasteiger partial charge in [-0.3, -0.25) is 14.7 Å². The first-order chi connectivity index (χ1) is 8.99. The quantitative estimate of drug-likeness (QED) is 0.774. The summed E-state index contributed by atoms with van der Waals surface area (Å²) in [5, 5.41) is 9.82. The zero-order chi connectivity index (χ0) is 14.0. The zero-order valence-electron chi connectivity index (χ0n) is 11.1. The highest BCUT2D eigenvalue weighted by atomic mass is 16.2. The molecule has 2 aromatic heterocycles. The van der Waals surface area contributed by atoms with Gasteiger partial charge in [-0.1, -0.05) is 6.07 Å². The average molecular weight is 260 g/mol. The molecule has 6 heteroatoms. The molecule has 2 aromatic rings. The summed E-state index contributed by atoms with van der Waals surface area (Å²) >= 11 is 0. The minimum absolute atomic E-state index is 0.185. The van der Waals surface area contributed by atoms with Crippen LogP contribution in [0.3, 0.4) is 0 Å². The molecule has 0 aliphatic carbocycles. The third-order valence-corrected chi connectivity index (χ3v) is 2.98. The molecule has 0 fully saturated rings. The fraction of sp³-hybridized carbons (Fsp3) is 0.308. The van der Waals surface area contributed by atoms with Crippen LogP contribution in [-0.2, 0) is 0 Å². The fourth-order valence-corrected chi connectivity index (χ4v) is 2.12. The number of pyridine rings is 1. The number of nitrogens with zero attached hydrogens (tertiary/aromatic N) is 1. The van der Waals surface area contributed by atoms with E-state index in [2.05, 4.69) is 20.5 Å². The Hall–Kier alpha value is -2.37. The number of H-pyrrole nitrogens is 2. The number of aryl methyl sites for hydroxylation is 2. The van der Waals surface area contributed by atoms with Crippen LogP contribution in [0.2, 0.25) is 0 Å². The summed E-state index contributed by atoms with van der Waals surface area (Å²) in [4.78, 5) is 25.7. The minimum atomic E-state index is -0.315. The van der Waals surface area contributed by atoms with E-state index in [4.69, 9.17) is 0 Å². The Balaban J connectivity index is 2.18. The van der Waals surface area contributed by atoms with Crippen molar-refractivity contribution >= 4 is 5.91 Å². The molecule has 0 bridgehead atoms. The van der Waals surface area contributed by atoms with Crippen LogP contribution in [0.5, 0.6) is 0 Å². The molecule has 2 heterocycles. The predicted octanol–water partition coefficient (Wildman–Crippen LogP) is 1.21. The first-order valence-corrected chi connectivity index (χ1v) is 6.00. The third-order valence-electron chi connectivity index (χ3n) is 2.98. The summed E-state index contributed by atoms with van der Waals surface area (Å²) in [6.07, 6.45) is 0. The molecule has 0 saturated heterocycles. The topological polar surface area (TPSA) is 90.6 Å². The van der Waals surface area contributed by atoms with Gasteiger partial charge in [0, 0.05) is 17.3 Å². The Kier molecular flexibility index (Phi) is 3.50. The normalized spacial score (nSPS) is 12.2. The van der Waals surface area contributed by atoms with E-state index in [0.717, 1.165) is 17.0 Å². The van der Waals surface area contributed by atoms with Crippen molar-refractivity contribution in [2.75, 3.05) is 0 Å². The van der Waals surface area contributed by atoms with Crippen molar-refractivity contribution in [3.8, 4) is 0 Å². The minimum Gasteiger partial charge on any atom is -0.344 e. The van der Waals surface area contributed by atoms with Gasteiger partial charge in [0.15, 0.2) is 0 Å². The Bertz CT molecular complexity index is 637. The predicted molar refractivity (Wildman–Crippen MR) is 71.0 cm³/mol. The molecule has 0 aliphatic heterocycles. The molecule has 1 unspecified atom stereocenters. The van der Waals surface area contributed by atoms with E-state index in [-0.39, 0.29) is 23.2 Å². The molecule has 19 heavy (non-hydrogen) atoms. The van der Waals surface area contributed by atoms with Crippen molar-refractivity contribution in [3.63, 3.8) is 0 Å². The van der Waals surface area contributed by atoms with E-state index >= 15 is 0 Å². The maximum atomic E-state index is 12.0. The number of aromatic nitrogens is 3. The number of hydrogen-bond donors (Lipinski definition) is 3. The van der Waals surface area contributed by atoms with Gasteiger partial charge >= 0.3 is 0 Å². The standard InChI is InChI=1S/C13H16N4O2/c1-7(12-8(2)16-17-9(12)3)14-13(19)10-5-4-6-11(18)15-10/h4-7H,1-3H3,(H,14,19)(H,15,18)(H,16,17). The second kappa shape index (κ2) is 5.09. The van der Waals surface area contributed by atoms with E-state index in [1.54, 1.807) is 12.1 Å². The molecule has 0 saturated carbocycles. The lowest BCUT2D eigenvalue weighted by atomic mass is 10.1. The summed E-state index contributed by atoms with van der Waals surface area (Å²) in [5.41, 5.74) is 2.69. The Morgan fingerprint density at radius 1 is 1.37 bits per heavy atom. The number of nitrogens with one attached hydrogen (secondary N) is 3. The van der Waals surface area contributed by atoms with Crippen molar-refractivity contribution in [2.45, 2.75) is 26.8 Å². The van der Waals surface area contributed by atoms with Gasteiger partial charge in [-0.05, 0) is 26.8 Å². The molecule has 1 amide bonds. The molecule has 0 spiro atoms. The van der Waals surface area contributed by atoms with Crippen LogP contribution in [-0.4, -0.2) is 21.1 Å². The number of hydrogen-bond acceptors (Lipinski definition) is 3. The molecule has 0 radical (unpaired) electrons. The van der Waals surface area contributed by atoms with Gasteiger partial charge in [0.2, 0.25) is 5.56 Å². The van der Waals surface area contributed by atoms with Crippen molar-refractivity contribution in [3.05, 3.63) is 51.2 Å². The summed E-state index contributed by atoms with van der Waals surface area (Å²) < 4.78 is 0. The molecule has 100 valence electrons. The van der Waals surface area contributed by atoms with E-state index < -0.39 is 0 Å². The SMILES string of the molecule is Cc1n[nH]c(C)c1C(C)NC(=O)c1cccc(=O)[nH]1. The summed E-state index contributed by atoms with van der Waals surface area (Å²) in [5.74, 6) is -0.315. The highest BCUT2D eigenvalue weighted by molar-refractivity contribution is 5.92. The van der Waals surface area contributed by atoms with Crippen molar-refractivity contribution < 1.29 is 4.79 Å². The van der Waals surface area contributed by atoms with Gasteiger partial charge in [0.05, 0.1) is 11.7 Å². The van der Waals surface area contributed by atoms with Crippen LogP contribution in [0.25, 0.3) is 0 Å². The largest absolute Gasteiger partial charge is 0.344 e. The van der Waals surface area contributed by atoms with Crippen LogP contribution in [0.1, 0.15) is 40.4 Å². The molecule has 3 N–H and O–H groups in total. The van der Waals surface area contributed by atoms with Gasteiger partial charge in [-0.15, -0.1) is 0 Å². The summed E-state index contributed by atoms with van der Waals surface area (Å²) in [6, 6.07) is 4.30. The van der Waals surface area contributed by atoms with Crippen LogP contribution < -0.4 is 10.9 Å². The summed E-state index contributed by atoms with van der Waals surface area (Å²) in [7, 11) is 0. The van der Waals surface area contributed by atoms with E-state index in [1.807, 2.05) is 20.8 Å². The molecule has 2 rings (SSSR count). The molecule has 6 nitrogen and oxygen atoms in total. The maximum absolute atomic E-state index is 12.0. The molecular formula is C13H16N4O2. The maximum Gasteiger partial charge on any atom is 0.268 e. The smallest absolute Gasteiger partial charge is 0.268 e. The van der Waals surface area contributed by atoms with Crippen molar-refractivity contribution in [1.82, 2.24) is 20.5 Å². The van der Waals surface area contributed by atoms with Crippen molar-refractivity contribution in [1.29, 1.82) is 0 Å². The number of carbonyl (C=O) groups is 1. The molecule has 1 atom stereocenters. The number of aromatic amines is 2. The number of amides is 1. The monoisotopic (exact) mass is 260 g/mol. The Labute approximate surface area is 110 Å². The van der Waals surface area contributed by atoms with E-state index in [1.165, 1.54) is 6.07 Å². The van der Waals surface area contributed by atoms with Crippen molar-refractivity contribution in [2.24, 2.45) is 0 Å². The van der Waals surface area contributed by atoms with Gasteiger partial charge in [-0.25, -0.2) is 0 Å². The van der Waals surface area contributed by atoms with Gasteiger partial charge in [0.1, 0.15) is 5.69 Å². The lowest BCUT2D eigenvalue weighted by molar-refractivity contribution is 0.0934. The highest BCUT2D eigenvalue weighted by Crippen LogP contribution is 2.19. The lowest BCUT2D eigenvalue weighted by Gasteiger charge is -2.14. The summed E-state index contributed by atoms with van der Waals surface area (Å²) in [6.45, 7) is 5.66. The second-order valence-corrected chi connectivity index (χ2v) is 4.47. The van der Waals surface area contributed by atoms with E-state index in [0.29, 0.717) is 0 Å². The van der Waals surface area contributed by atoms with Crippen LogP contribution in [0.4, 0.5) is 0 Å². The third kappa shape index (κ3) is 2.73. The van der Waals surface area contributed by atoms with Gasteiger partial charge < -0.3 is 10.3 Å². The molecule has 0 aliphatic rings. The van der Waals surface area contributed by atoms with Gasteiger partial charge in [0.25, 0.3) is 5.91 Å². The van der Waals surface area contributed by atoms with Crippen LogP contribution in [0.15, 0.2) is 23.0 Å². The number of rotatable bonds is 3. The van der Waals surface area contributed by atoms with Crippen LogP contribution >= 0.6 is 0 Å². The molecular weight excluding hydrogens is 244 g/mol. The lowest BCUT2D eigenvalue weighted by Crippen LogP contribution is -2.29. The average Bonchev–Trinajstić information content (AvgIpc) is 2.69. The fourth-order valence-electron chi connectivity index (χ4n) is 2.12. The van der Waals surface area contributed by atoms with E-state index in [9.17, 15) is 9.59 Å². The Morgan fingerprint density at radius 3 is 2.68 bits per heavy atom. The molecule has 0 aromatic carbocycles. The first-order valence-electron chi connectivity index (χ1n) is 6.00. The second-order valence-electron chi connectivity index (χ2n) is 4.47. The van der Waals surface area contributed by atoms with Gasteiger partial charge in [-0.2, -0.15) is 5.10 Å². The highest BCUT2D eigenvalue weighted by Gasteiger charge is 2.17. The Morgan fingerprint density at radius 2 is 2.11 bits per heavy atom.